The van der Waals surface area contributed by atoms with Gasteiger partial charge in [0.25, 0.3) is 0 Å². The lowest BCUT2D eigenvalue weighted by molar-refractivity contribution is -0.125. The smallest absolute Gasteiger partial charge is 0.338 e. The number of sulfonamides is 2. The van der Waals surface area contributed by atoms with Crippen molar-refractivity contribution in [2.24, 2.45) is 0 Å². The number of rotatable bonds is 10. The number of carbonyl (C=O) groups is 3. The second-order valence-electron chi connectivity index (χ2n) is 10.9. The summed E-state index contributed by atoms with van der Waals surface area (Å²) >= 11 is 0. The summed E-state index contributed by atoms with van der Waals surface area (Å²) < 4.78 is 76.4. The van der Waals surface area contributed by atoms with Crippen LogP contribution < -0.4 is 0 Å². The SMILES string of the molecule is C[C@@H]1CN(S(=O)(=O)c2cccc(C(=O)OCC(=O)COC(=O)c3cccc(S(=O)(=O)N4C[C@H](C)O[C@@H](C)C4)c3)c2)C[C@H](C)O1. The molecule has 2 saturated heterocycles. The number of carbonyl (C=O) groups excluding carboxylic acids is 3. The van der Waals surface area contributed by atoms with Gasteiger partial charge in [-0.25, -0.2) is 26.4 Å². The fourth-order valence-electron chi connectivity index (χ4n) is 5.02. The summed E-state index contributed by atoms with van der Waals surface area (Å²) in [6, 6.07) is 10.6. The summed E-state index contributed by atoms with van der Waals surface area (Å²) in [6.07, 6.45) is -1.16. The highest BCUT2D eigenvalue weighted by Gasteiger charge is 2.34. The Morgan fingerprint density at radius 3 is 1.34 bits per heavy atom. The van der Waals surface area contributed by atoms with Gasteiger partial charge in [0, 0.05) is 26.2 Å². The molecule has 4 rings (SSSR count). The van der Waals surface area contributed by atoms with Crippen molar-refractivity contribution in [3.05, 3.63) is 59.7 Å². The monoisotopic (exact) mass is 652 g/mol. The Bertz CT molecular complexity index is 1470. The normalized spacial score (nSPS) is 23.5. The number of nitrogens with zero attached hydrogens (tertiary/aromatic N) is 2. The first-order valence-electron chi connectivity index (χ1n) is 14.0. The van der Waals surface area contributed by atoms with Gasteiger partial charge in [0.05, 0.1) is 45.3 Å². The molecule has 2 aromatic rings. The van der Waals surface area contributed by atoms with Crippen LogP contribution in [-0.2, 0) is 43.8 Å². The molecule has 0 unspecified atom stereocenters. The Morgan fingerprint density at radius 1 is 0.659 bits per heavy atom. The molecule has 0 spiro atoms. The number of esters is 2. The van der Waals surface area contributed by atoms with Gasteiger partial charge < -0.3 is 18.9 Å². The van der Waals surface area contributed by atoms with Gasteiger partial charge >= 0.3 is 11.9 Å². The molecule has 2 fully saturated rings. The van der Waals surface area contributed by atoms with Gasteiger partial charge in [-0.05, 0) is 64.1 Å². The Labute approximate surface area is 257 Å². The van der Waals surface area contributed by atoms with Gasteiger partial charge in [-0.2, -0.15) is 8.61 Å². The molecule has 44 heavy (non-hydrogen) atoms. The Kier molecular flexibility index (Phi) is 10.6. The molecule has 2 aromatic carbocycles. The molecular formula is C29H36N2O11S2. The van der Waals surface area contributed by atoms with E-state index < -0.39 is 51.0 Å². The van der Waals surface area contributed by atoms with Crippen molar-refractivity contribution in [2.45, 2.75) is 61.9 Å². The van der Waals surface area contributed by atoms with E-state index in [0.29, 0.717) is 0 Å². The average Bonchev–Trinajstić information content (AvgIpc) is 2.97. The maximum absolute atomic E-state index is 13.1. The average molecular weight is 653 g/mol. The van der Waals surface area contributed by atoms with Crippen molar-refractivity contribution < 1.29 is 50.2 Å². The zero-order valence-electron chi connectivity index (χ0n) is 24.9. The van der Waals surface area contributed by atoms with Crippen LogP contribution in [0.5, 0.6) is 0 Å². The quantitative estimate of drug-likeness (QED) is 0.344. The van der Waals surface area contributed by atoms with Crippen molar-refractivity contribution in [3.8, 4) is 0 Å². The van der Waals surface area contributed by atoms with Crippen LogP contribution >= 0.6 is 0 Å². The van der Waals surface area contributed by atoms with E-state index >= 15 is 0 Å². The molecule has 0 saturated carbocycles. The van der Waals surface area contributed by atoms with Crippen LogP contribution in [0.2, 0.25) is 0 Å². The maximum atomic E-state index is 13.1. The lowest BCUT2D eigenvalue weighted by atomic mass is 10.2. The van der Waals surface area contributed by atoms with Gasteiger partial charge in [0.2, 0.25) is 25.8 Å². The zero-order chi connectivity index (χ0) is 32.2. The highest BCUT2D eigenvalue weighted by Crippen LogP contribution is 2.24. The van der Waals surface area contributed by atoms with E-state index in [-0.39, 0.29) is 71.5 Å². The predicted molar refractivity (Wildman–Crippen MR) is 156 cm³/mol. The molecule has 2 aliphatic rings. The lowest BCUT2D eigenvalue weighted by Gasteiger charge is -2.34. The maximum Gasteiger partial charge on any atom is 0.338 e. The zero-order valence-corrected chi connectivity index (χ0v) is 26.5. The van der Waals surface area contributed by atoms with Gasteiger partial charge in [0.15, 0.2) is 13.2 Å². The van der Waals surface area contributed by atoms with E-state index in [2.05, 4.69) is 0 Å². The summed E-state index contributed by atoms with van der Waals surface area (Å²) in [5, 5.41) is 0. The summed E-state index contributed by atoms with van der Waals surface area (Å²) in [5.74, 6) is -2.61. The van der Waals surface area contributed by atoms with E-state index in [9.17, 15) is 31.2 Å². The molecule has 2 heterocycles. The third-order valence-electron chi connectivity index (χ3n) is 6.92. The second kappa shape index (κ2) is 13.8. The minimum Gasteiger partial charge on any atom is -0.454 e. The first kappa shape index (κ1) is 33.7. The van der Waals surface area contributed by atoms with E-state index in [1.807, 2.05) is 0 Å². The summed E-state index contributed by atoms with van der Waals surface area (Å²) in [5.41, 5.74) is -0.153. The molecule has 240 valence electrons. The predicted octanol–water partition coefficient (Wildman–Crippen LogP) is 1.87. The Hall–Kier alpha value is -3.21. The van der Waals surface area contributed by atoms with Crippen molar-refractivity contribution >= 4 is 37.8 Å². The van der Waals surface area contributed by atoms with Gasteiger partial charge in [-0.15, -0.1) is 0 Å². The topological polar surface area (TPSA) is 163 Å². The highest BCUT2D eigenvalue weighted by atomic mass is 32.2. The molecule has 0 bridgehead atoms. The molecule has 0 amide bonds. The van der Waals surface area contributed by atoms with E-state index in [1.54, 1.807) is 27.7 Å². The molecule has 0 aromatic heterocycles. The van der Waals surface area contributed by atoms with E-state index in [0.717, 1.165) is 0 Å². The molecule has 15 heteroatoms. The van der Waals surface area contributed by atoms with E-state index in [4.69, 9.17) is 18.9 Å². The number of morpholine rings is 2. The first-order valence-corrected chi connectivity index (χ1v) is 16.9. The molecule has 2 aliphatic heterocycles. The number of Topliss-reactive ketones (excluding diaryl/α,β-unsaturated/α-hetero) is 1. The second-order valence-corrected chi connectivity index (χ2v) is 14.8. The van der Waals surface area contributed by atoms with Crippen LogP contribution in [0.25, 0.3) is 0 Å². The van der Waals surface area contributed by atoms with Crippen molar-refractivity contribution in [3.63, 3.8) is 0 Å². The number of ether oxygens (including phenoxy) is 4. The van der Waals surface area contributed by atoms with Crippen molar-refractivity contribution in [2.75, 3.05) is 39.4 Å². The summed E-state index contributed by atoms with van der Waals surface area (Å²) in [6.45, 7) is 6.30. The van der Waals surface area contributed by atoms with Crippen LogP contribution in [0.1, 0.15) is 48.4 Å². The van der Waals surface area contributed by atoms with Crippen molar-refractivity contribution in [1.82, 2.24) is 8.61 Å². The Morgan fingerprint density at radius 2 is 1.00 bits per heavy atom. The molecule has 0 aliphatic carbocycles. The Balaban J connectivity index is 1.32. The minimum absolute atomic E-state index is 0.0766. The largest absolute Gasteiger partial charge is 0.454 e. The summed E-state index contributed by atoms with van der Waals surface area (Å²) in [7, 11) is -7.82. The fourth-order valence-corrected chi connectivity index (χ4v) is 8.29. The van der Waals surface area contributed by atoms with Crippen molar-refractivity contribution in [1.29, 1.82) is 0 Å². The standard InChI is InChI=1S/C29H36N2O11S2/c1-19-13-30(14-20(2)41-19)43(35,36)26-9-5-7-23(11-26)28(33)39-17-25(32)18-40-29(34)24-8-6-10-27(12-24)44(37,38)31-15-21(3)42-22(4)16-31/h5-12,19-22H,13-18H2,1-4H3/t19-,20-,21-,22+/m0/s1. The number of benzene rings is 2. The van der Waals surface area contributed by atoms with Crippen LogP contribution in [0, 0.1) is 0 Å². The van der Waals surface area contributed by atoms with Crippen LogP contribution in [-0.4, -0.2) is 107 Å². The van der Waals surface area contributed by atoms with Gasteiger partial charge in [0.1, 0.15) is 0 Å². The fraction of sp³-hybridized carbons (Fsp3) is 0.483. The van der Waals surface area contributed by atoms with E-state index in [1.165, 1.54) is 57.1 Å². The first-order chi connectivity index (χ1) is 20.7. The van der Waals surface area contributed by atoms with Crippen LogP contribution in [0.3, 0.4) is 0 Å². The van der Waals surface area contributed by atoms with Crippen LogP contribution in [0.4, 0.5) is 0 Å². The van der Waals surface area contributed by atoms with Gasteiger partial charge in [-0.3, -0.25) is 4.79 Å². The molecule has 0 radical (unpaired) electrons. The lowest BCUT2D eigenvalue weighted by Crippen LogP contribution is -2.48. The van der Waals surface area contributed by atoms with Gasteiger partial charge in [-0.1, -0.05) is 12.1 Å². The highest BCUT2D eigenvalue weighted by molar-refractivity contribution is 7.89. The summed E-state index contributed by atoms with van der Waals surface area (Å²) in [4.78, 5) is 37.3. The van der Waals surface area contributed by atoms with Crippen LogP contribution in [0.15, 0.2) is 58.3 Å². The number of ketones is 1. The molecule has 4 atom stereocenters. The minimum atomic E-state index is -3.91. The molecular weight excluding hydrogens is 616 g/mol. The third kappa shape index (κ3) is 8.08. The molecule has 13 nitrogen and oxygen atoms in total. The number of hydrogen-bond acceptors (Lipinski definition) is 11. The third-order valence-corrected chi connectivity index (χ3v) is 10.6. The molecule has 0 N–H and O–H groups in total. The number of hydrogen-bond donors (Lipinski definition) is 0.